The molecule has 3 aromatic heterocycles. The number of benzene rings is 1. The van der Waals surface area contributed by atoms with Gasteiger partial charge in [0.05, 0.1) is 45.0 Å². The summed E-state index contributed by atoms with van der Waals surface area (Å²) in [7, 11) is -2.57. The summed E-state index contributed by atoms with van der Waals surface area (Å²) in [5.74, 6) is -1.07. The van der Waals surface area contributed by atoms with Crippen molar-refractivity contribution in [3.8, 4) is 17.3 Å². The van der Waals surface area contributed by atoms with E-state index in [2.05, 4.69) is 20.3 Å². The largest absolute Gasteiger partial charge is 0.375 e. The smallest absolute Gasteiger partial charge is 0.151 e. The van der Waals surface area contributed by atoms with Crippen molar-refractivity contribution in [1.82, 2.24) is 15.0 Å². The molecule has 36 heavy (non-hydrogen) atoms. The predicted octanol–water partition coefficient (Wildman–Crippen LogP) is 6.61. The number of hydrogen-bond acceptors (Lipinski definition) is 6. The van der Waals surface area contributed by atoms with Crippen molar-refractivity contribution < 1.29 is 13.3 Å². The van der Waals surface area contributed by atoms with Crippen LogP contribution in [-0.2, 0) is 4.57 Å². The van der Waals surface area contributed by atoms with Crippen LogP contribution in [-0.4, -0.2) is 28.3 Å². The Labute approximate surface area is 212 Å². The van der Waals surface area contributed by atoms with E-state index in [4.69, 9.17) is 11.6 Å². The van der Waals surface area contributed by atoms with Gasteiger partial charge in [-0.15, -0.1) is 0 Å². The fourth-order valence-corrected chi connectivity index (χ4v) is 4.85. The van der Waals surface area contributed by atoms with E-state index in [0.29, 0.717) is 45.4 Å². The summed E-state index contributed by atoms with van der Waals surface area (Å²) in [5, 5.41) is 12.8. The Hall–Kier alpha value is -3.40. The molecule has 0 aliphatic rings. The summed E-state index contributed by atoms with van der Waals surface area (Å²) in [6.45, 7) is 6.77. The summed E-state index contributed by atoms with van der Waals surface area (Å²) >= 11 is 6.62. The van der Waals surface area contributed by atoms with Crippen LogP contribution in [0.3, 0.4) is 0 Å². The number of rotatable bonds is 6. The van der Waals surface area contributed by atoms with Crippen LogP contribution >= 0.6 is 18.7 Å². The SMILES string of the molecule is CC[C@H](Nc1c(Cl)c(C)nc2cc(F)c(-c3ccc(P(C)(C)=O)nc3)nc12)c1cc(C#N)ccc1F. The molecule has 1 aromatic carbocycles. The molecule has 1 atom stereocenters. The number of nitrogens with one attached hydrogen (secondary N) is 1. The summed E-state index contributed by atoms with van der Waals surface area (Å²) in [6, 6.07) is 10.1. The van der Waals surface area contributed by atoms with Crippen LogP contribution in [0.5, 0.6) is 0 Å². The van der Waals surface area contributed by atoms with Crippen LogP contribution in [0.1, 0.15) is 36.2 Å². The van der Waals surface area contributed by atoms with E-state index < -0.39 is 24.8 Å². The zero-order valence-corrected chi connectivity index (χ0v) is 21.8. The Balaban J connectivity index is 1.86. The normalized spacial score (nSPS) is 12.4. The molecule has 0 amide bonds. The highest BCUT2D eigenvalue weighted by molar-refractivity contribution is 7.69. The number of aryl methyl sites for hydroxylation is 1. The van der Waals surface area contributed by atoms with Crippen molar-refractivity contribution in [3.63, 3.8) is 0 Å². The lowest BCUT2D eigenvalue weighted by Crippen LogP contribution is -2.14. The molecule has 1 N–H and O–H groups in total. The van der Waals surface area contributed by atoms with Gasteiger partial charge < -0.3 is 9.88 Å². The fraction of sp³-hybridized carbons (Fsp3) is 0.231. The summed E-state index contributed by atoms with van der Waals surface area (Å²) in [5.41, 5.74) is 2.91. The van der Waals surface area contributed by atoms with E-state index in [-0.39, 0.29) is 16.2 Å². The molecule has 0 saturated heterocycles. The van der Waals surface area contributed by atoms with E-state index in [9.17, 15) is 14.2 Å². The highest BCUT2D eigenvalue weighted by atomic mass is 35.5. The molecule has 3 heterocycles. The quantitative estimate of drug-likeness (QED) is 0.285. The van der Waals surface area contributed by atoms with Gasteiger partial charge in [-0.2, -0.15) is 5.26 Å². The number of anilines is 1. The first-order valence-electron chi connectivity index (χ1n) is 11.2. The Morgan fingerprint density at radius 3 is 2.50 bits per heavy atom. The third kappa shape index (κ3) is 4.95. The van der Waals surface area contributed by atoms with E-state index in [1.54, 1.807) is 32.4 Å². The molecule has 0 spiro atoms. The molecule has 0 aliphatic carbocycles. The average Bonchev–Trinajstić information content (AvgIpc) is 2.84. The van der Waals surface area contributed by atoms with E-state index in [1.165, 1.54) is 30.5 Å². The Bertz CT molecular complexity index is 1560. The molecule has 184 valence electrons. The van der Waals surface area contributed by atoms with Crippen LogP contribution < -0.4 is 10.8 Å². The van der Waals surface area contributed by atoms with Gasteiger partial charge >= 0.3 is 0 Å². The standard InChI is InChI=1S/C26H23ClF2N5OP/c1-5-20(17-10-15(12-30)6-8-18(17)28)33-26-23(27)14(2)32-21-11-19(29)24(34-25(21)26)16-7-9-22(31-13-16)36(3,4)35/h6-11,13,20H,5H2,1-4H3,(H,32,33)/t20-/m0/s1. The molecular formula is C26H23ClF2N5OP. The van der Waals surface area contributed by atoms with Gasteiger partial charge in [-0.05, 0) is 57.0 Å². The Morgan fingerprint density at radius 1 is 1.14 bits per heavy atom. The lowest BCUT2D eigenvalue weighted by Gasteiger charge is -2.22. The fourth-order valence-electron chi connectivity index (χ4n) is 3.90. The van der Waals surface area contributed by atoms with Crippen molar-refractivity contribution in [1.29, 1.82) is 5.26 Å². The molecule has 0 fully saturated rings. The summed E-state index contributed by atoms with van der Waals surface area (Å²) in [4.78, 5) is 13.2. The van der Waals surface area contributed by atoms with Crippen molar-refractivity contribution >= 4 is 40.9 Å². The highest BCUT2D eigenvalue weighted by Crippen LogP contribution is 2.38. The maximum Gasteiger partial charge on any atom is 0.151 e. The molecule has 0 saturated carbocycles. The monoisotopic (exact) mass is 525 g/mol. The van der Waals surface area contributed by atoms with Gasteiger partial charge in [0.1, 0.15) is 24.2 Å². The molecule has 10 heteroatoms. The van der Waals surface area contributed by atoms with Crippen LogP contribution in [0.25, 0.3) is 22.3 Å². The van der Waals surface area contributed by atoms with Gasteiger partial charge in [0.25, 0.3) is 0 Å². The minimum absolute atomic E-state index is 0.0269. The lowest BCUT2D eigenvalue weighted by atomic mass is 10.0. The first-order valence-corrected chi connectivity index (χ1v) is 14.2. The van der Waals surface area contributed by atoms with Gasteiger partial charge in [0.2, 0.25) is 0 Å². The van der Waals surface area contributed by atoms with Crippen LogP contribution in [0.4, 0.5) is 14.5 Å². The van der Waals surface area contributed by atoms with Crippen molar-refractivity contribution in [2.75, 3.05) is 18.6 Å². The van der Waals surface area contributed by atoms with Crippen molar-refractivity contribution in [2.24, 2.45) is 0 Å². The number of hydrogen-bond donors (Lipinski definition) is 1. The lowest BCUT2D eigenvalue weighted by molar-refractivity contribution is 0.587. The number of pyridine rings is 3. The van der Waals surface area contributed by atoms with Crippen molar-refractivity contribution in [3.05, 3.63) is 76.1 Å². The van der Waals surface area contributed by atoms with E-state index >= 15 is 4.39 Å². The van der Waals surface area contributed by atoms with Gasteiger partial charge in [0, 0.05) is 23.4 Å². The second-order valence-corrected chi connectivity index (χ2v) is 12.3. The maximum atomic E-state index is 15.1. The Morgan fingerprint density at radius 2 is 1.89 bits per heavy atom. The summed E-state index contributed by atoms with van der Waals surface area (Å²) < 4.78 is 42.1. The molecule has 4 rings (SSSR count). The zero-order chi connectivity index (χ0) is 26.2. The number of fused-ring (bicyclic) bond motifs is 1. The van der Waals surface area contributed by atoms with Gasteiger partial charge in [0.15, 0.2) is 5.82 Å². The molecule has 4 aromatic rings. The number of aromatic nitrogens is 3. The number of nitriles is 1. The second kappa shape index (κ2) is 9.93. The minimum atomic E-state index is -2.57. The second-order valence-electron chi connectivity index (χ2n) is 8.78. The van der Waals surface area contributed by atoms with Crippen molar-refractivity contribution in [2.45, 2.75) is 26.3 Å². The molecule has 0 radical (unpaired) electrons. The first kappa shape index (κ1) is 25.7. The van der Waals surface area contributed by atoms with Crippen LogP contribution in [0.2, 0.25) is 5.02 Å². The molecule has 0 bridgehead atoms. The Kier molecular flexibility index (Phi) is 7.08. The zero-order valence-electron chi connectivity index (χ0n) is 20.1. The van der Waals surface area contributed by atoms with Gasteiger partial charge in [-0.1, -0.05) is 18.5 Å². The van der Waals surface area contributed by atoms with E-state index in [1.807, 2.05) is 13.0 Å². The maximum absolute atomic E-state index is 15.1. The topological polar surface area (TPSA) is 91.6 Å². The van der Waals surface area contributed by atoms with E-state index in [0.717, 1.165) is 0 Å². The third-order valence-corrected chi connectivity index (χ3v) is 7.65. The van der Waals surface area contributed by atoms with Crippen LogP contribution in [0.15, 0.2) is 42.6 Å². The molecule has 0 aliphatic heterocycles. The summed E-state index contributed by atoms with van der Waals surface area (Å²) in [6.07, 6.45) is 1.90. The molecular weight excluding hydrogens is 503 g/mol. The molecule has 6 nitrogen and oxygen atoms in total. The minimum Gasteiger partial charge on any atom is -0.375 e. The highest BCUT2D eigenvalue weighted by Gasteiger charge is 2.22. The molecule has 0 unspecified atom stereocenters. The van der Waals surface area contributed by atoms with Gasteiger partial charge in [-0.3, -0.25) is 4.98 Å². The van der Waals surface area contributed by atoms with Gasteiger partial charge in [-0.25, -0.2) is 18.7 Å². The number of nitrogens with zero attached hydrogens (tertiary/aromatic N) is 4. The number of halogens is 3. The van der Waals surface area contributed by atoms with Crippen LogP contribution in [0, 0.1) is 29.9 Å². The average molecular weight is 526 g/mol. The predicted molar refractivity (Wildman–Crippen MR) is 139 cm³/mol. The third-order valence-electron chi connectivity index (χ3n) is 5.82. The first-order chi connectivity index (χ1) is 17.0.